The number of aromatic amines is 1. The third-order valence-electron chi connectivity index (χ3n) is 5.01. The highest BCUT2D eigenvalue weighted by Gasteiger charge is 2.26. The standard InChI is InChI=1S/C19H23N5O/c1-13-9-14(2)24(22-13)12-18(25)23-8-4-6-16(11-23)17-10-15-5-3-7-20-19(15)21-17/h3,5,7,9-10,16H,4,6,8,11-12H2,1-2H3,(H,20,21)/t16-/m1/s1. The molecule has 6 nitrogen and oxygen atoms in total. The molecule has 130 valence electrons. The molecule has 0 radical (unpaired) electrons. The van der Waals surface area contributed by atoms with Crippen LogP contribution in [0.25, 0.3) is 11.0 Å². The van der Waals surface area contributed by atoms with Crippen LogP contribution in [-0.2, 0) is 11.3 Å². The van der Waals surface area contributed by atoms with Gasteiger partial charge in [0.15, 0.2) is 0 Å². The number of rotatable bonds is 3. The van der Waals surface area contributed by atoms with Gasteiger partial charge in [-0.1, -0.05) is 0 Å². The van der Waals surface area contributed by atoms with Gasteiger partial charge in [0, 0.05) is 42.0 Å². The van der Waals surface area contributed by atoms with Crippen LogP contribution in [0.2, 0.25) is 0 Å². The van der Waals surface area contributed by atoms with E-state index in [4.69, 9.17) is 0 Å². The van der Waals surface area contributed by atoms with Gasteiger partial charge in [0.25, 0.3) is 0 Å². The molecule has 1 aliphatic rings. The van der Waals surface area contributed by atoms with E-state index in [0.717, 1.165) is 48.4 Å². The number of H-pyrrole nitrogens is 1. The van der Waals surface area contributed by atoms with Crippen LogP contribution >= 0.6 is 0 Å². The Hall–Kier alpha value is -2.63. The summed E-state index contributed by atoms with van der Waals surface area (Å²) in [6.07, 6.45) is 3.92. The Kier molecular flexibility index (Phi) is 4.03. The van der Waals surface area contributed by atoms with Gasteiger partial charge in [-0.05, 0) is 51.0 Å². The van der Waals surface area contributed by atoms with Crippen molar-refractivity contribution in [1.82, 2.24) is 24.6 Å². The molecule has 0 aliphatic carbocycles. The fourth-order valence-electron chi connectivity index (χ4n) is 3.72. The first-order valence-corrected chi connectivity index (χ1v) is 8.82. The van der Waals surface area contributed by atoms with Gasteiger partial charge in [0.2, 0.25) is 5.91 Å². The Morgan fingerprint density at radius 1 is 1.36 bits per heavy atom. The first kappa shape index (κ1) is 15.9. The molecule has 25 heavy (non-hydrogen) atoms. The average molecular weight is 337 g/mol. The maximum atomic E-state index is 12.7. The largest absolute Gasteiger partial charge is 0.343 e. The van der Waals surface area contributed by atoms with Gasteiger partial charge in [0.05, 0.1) is 5.69 Å². The highest BCUT2D eigenvalue weighted by Crippen LogP contribution is 2.28. The van der Waals surface area contributed by atoms with Crippen molar-refractivity contribution in [3.05, 3.63) is 47.5 Å². The number of hydrogen-bond donors (Lipinski definition) is 1. The second-order valence-electron chi connectivity index (χ2n) is 6.93. The van der Waals surface area contributed by atoms with Gasteiger partial charge >= 0.3 is 0 Å². The Morgan fingerprint density at radius 3 is 3.00 bits per heavy atom. The van der Waals surface area contributed by atoms with Crippen molar-refractivity contribution in [2.75, 3.05) is 13.1 Å². The van der Waals surface area contributed by atoms with Crippen LogP contribution in [0.15, 0.2) is 30.5 Å². The normalized spacial score (nSPS) is 18.0. The second kappa shape index (κ2) is 6.35. The molecule has 0 aromatic carbocycles. The molecule has 0 unspecified atom stereocenters. The summed E-state index contributed by atoms with van der Waals surface area (Å²) in [5.74, 6) is 0.484. The van der Waals surface area contributed by atoms with E-state index in [1.807, 2.05) is 30.9 Å². The Morgan fingerprint density at radius 2 is 2.24 bits per heavy atom. The number of nitrogens with one attached hydrogen (secondary N) is 1. The van der Waals surface area contributed by atoms with E-state index in [1.165, 1.54) is 5.69 Å². The minimum Gasteiger partial charge on any atom is -0.343 e. The molecule has 1 aliphatic heterocycles. The van der Waals surface area contributed by atoms with Crippen molar-refractivity contribution in [3.8, 4) is 0 Å². The van der Waals surface area contributed by atoms with Gasteiger partial charge in [-0.25, -0.2) is 4.98 Å². The molecule has 1 fully saturated rings. The van der Waals surface area contributed by atoms with Gasteiger partial charge in [-0.3, -0.25) is 9.48 Å². The topological polar surface area (TPSA) is 66.8 Å². The third-order valence-corrected chi connectivity index (χ3v) is 5.01. The summed E-state index contributed by atoms with van der Waals surface area (Å²) in [6.45, 7) is 5.84. The summed E-state index contributed by atoms with van der Waals surface area (Å²) in [7, 11) is 0. The number of aryl methyl sites for hydroxylation is 2. The Balaban J connectivity index is 1.48. The number of nitrogens with zero attached hydrogens (tertiary/aromatic N) is 4. The summed E-state index contributed by atoms with van der Waals surface area (Å²) >= 11 is 0. The summed E-state index contributed by atoms with van der Waals surface area (Å²) < 4.78 is 1.80. The molecule has 1 saturated heterocycles. The highest BCUT2D eigenvalue weighted by atomic mass is 16.2. The summed E-state index contributed by atoms with van der Waals surface area (Å²) in [5, 5.41) is 5.53. The number of aromatic nitrogens is 4. The summed E-state index contributed by atoms with van der Waals surface area (Å²) in [6, 6.07) is 8.19. The van der Waals surface area contributed by atoms with Gasteiger partial charge in [0.1, 0.15) is 12.2 Å². The molecule has 1 amide bonds. The zero-order valence-electron chi connectivity index (χ0n) is 14.7. The lowest BCUT2D eigenvalue weighted by Crippen LogP contribution is -2.41. The molecule has 0 bridgehead atoms. The minimum absolute atomic E-state index is 0.144. The summed E-state index contributed by atoms with van der Waals surface area (Å²) in [4.78, 5) is 22.5. The SMILES string of the molecule is Cc1cc(C)n(CC(=O)N2CCC[C@@H](c3cc4cccnc4[nH]3)C2)n1. The molecule has 0 saturated carbocycles. The smallest absolute Gasteiger partial charge is 0.244 e. The molecule has 3 aromatic heterocycles. The van der Waals surface area contributed by atoms with Crippen molar-refractivity contribution < 1.29 is 4.79 Å². The predicted molar refractivity (Wildman–Crippen MR) is 96.3 cm³/mol. The van der Waals surface area contributed by atoms with Crippen LogP contribution in [-0.4, -0.2) is 43.6 Å². The van der Waals surface area contributed by atoms with Crippen LogP contribution in [0.3, 0.4) is 0 Å². The quantitative estimate of drug-likeness (QED) is 0.799. The lowest BCUT2D eigenvalue weighted by atomic mass is 9.94. The average Bonchev–Trinajstić information content (AvgIpc) is 3.18. The maximum Gasteiger partial charge on any atom is 0.244 e. The van der Waals surface area contributed by atoms with E-state index in [2.05, 4.69) is 27.2 Å². The Labute approximate surface area is 146 Å². The van der Waals surface area contributed by atoms with Crippen molar-refractivity contribution in [1.29, 1.82) is 0 Å². The molecule has 3 aromatic rings. The fourth-order valence-corrected chi connectivity index (χ4v) is 3.72. The molecule has 6 heteroatoms. The van der Waals surface area contributed by atoms with E-state index in [0.29, 0.717) is 12.5 Å². The lowest BCUT2D eigenvalue weighted by molar-refractivity contribution is -0.133. The van der Waals surface area contributed by atoms with Crippen molar-refractivity contribution in [2.24, 2.45) is 0 Å². The van der Waals surface area contributed by atoms with Gasteiger partial charge in [-0.15, -0.1) is 0 Å². The van der Waals surface area contributed by atoms with Crippen molar-refractivity contribution in [2.45, 2.75) is 39.2 Å². The Bertz CT molecular complexity index is 877. The molecule has 1 atom stereocenters. The molecular formula is C19H23N5O. The molecule has 4 rings (SSSR count). The number of hydrogen-bond acceptors (Lipinski definition) is 3. The maximum absolute atomic E-state index is 12.7. The first-order chi connectivity index (χ1) is 12.1. The number of carbonyl (C=O) groups is 1. The van der Waals surface area contributed by atoms with Gasteiger partial charge in [-0.2, -0.15) is 5.10 Å². The molecule has 4 heterocycles. The highest BCUT2D eigenvalue weighted by molar-refractivity contribution is 5.77. The van der Waals surface area contributed by atoms with Crippen LogP contribution in [0.1, 0.15) is 35.8 Å². The van der Waals surface area contributed by atoms with Crippen molar-refractivity contribution >= 4 is 16.9 Å². The van der Waals surface area contributed by atoms with Crippen LogP contribution < -0.4 is 0 Å². The predicted octanol–water partition coefficient (Wildman–Crippen LogP) is 2.78. The van der Waals surface area contributed by atoms with Crippen molar-refractivity contribution in [3.63, 3.8) is 0 Å². The minimum atomic E-state index is 0.144. The molecular weight excluding hydrogens is 314 g/mol. The molecule has 1 N–H and O–H groups in total. The van der Waals surface area contributed by atoms with E-state index < -0.39 is 0 Å². The second-order valence-corrected chi connectivity index (χ2v) is 6.93. The number of carbonyl (C=O) groups excluding carboxylic acids is 1. The van der Waals surface area contributed by atoms with Crippen LogP contribution in [0, 0.1) is 13.8 Å². The monoisotopic (exact) mass is 337 g/mol. The number of likely N-dealkylation sites (tertiary alicyclic amines) is 1. The number of pyridine rings is 1. The third kappa shape index (κ3) is 3.16. The van der Waals surface area contributed by atoms with E-state index in [-0.39, 0.29) is 5.91 Å². The number of amides is 1. The summed E-state index contributed by atoms with van der Waals surface area (Å²) in [5.41, 5.74) is 4.08. The zero-order chi connectivity index (χ0) is 17.4. The van der Waals surface area contributed by atoms with E-state index in [9.17, 15) is 4.79 Å². The van der Waals surface area contributed by atoms with E-state index in [1.54, 1.807) is 10.9 Å². The van der Waals surface area contributed by atoms with Crippen LogP contribution in [0.5, 0.6) is 0 Å². The van der Waals surface area contributed by atoms with Crippen LogP contribution in [0.4, 0.5) is 0 Å². The fraction of sp³-hybridized carbons (Fsp3) is 0.421. The first-order valence-electron chi connectivity index (χ1n) is 8.82. The number of piperidine rings is 1. The van der Waals surface area contributed by atoms with Gasteiger partial charge < -0.3 is 9.88 Å². The van der Waals surface area contributed by atoms with E-state index >= 15 is 0 Å². The molecule has 0 spiro atoms. The zero-order valence-corrected chi connectivity index (χ0v) is 14.7. The number of fused-ring (bicyclic) bond motifs is 1. The lowest BCUT2D eigenvalue weighted by Gasteiger charge is -2.32.